The number of rotatable bonds is 7. The standard InChI is InChI=1S/C15H18ClN3O3/c1-11-9-14(18-22-11)17-15(20)10-19(2)7-8-21-13-5-3-12(16)4-6-13/h3-6,9H,7-8,10H2,1-2H3,(H,17,18,20)/p+1. The zero-order valence-corrected chi connectivity index (χ0v) is 13.3. The first-order chi connectivity index (χ1) is 10.5. The highest BCUT2D eigenvalue weighted by atomic mass is 35.5. The highest BCUT2D eigenvalue weighted by Gasteiger charge is 2.12. The van der Waals surface area contributed by atoms with E-state index in [9.17, 15) is 4.79 Å². The summed E-state index contributed by atoms with van der Waals surface area (Å²) in [7, 11) is 1.93. The quantitative estimate of drug-likeness (QED) is 0.802. The summed E-state index contributed by atoms with van der Waals surface area (Å²) in [6.07, 6.45) is 0. The number of ether oxygens (including phenoxy) is 1. The number of halogens is 1. The lowest BCUT2D eigenvalue weighted by Gasteiger charge is -2.13. The fraction of sp³-hybridized carbons (Fsp3) is 0.333. The van der Waals surface area contributed by atoms with Crippen LogP contribution >= 0.6 is 11.6 Å². The van der Waals surface area contributed by atoms with Crippen LogP contribution in [0.5, 0.6) is 5.75 Å². The number of carbonyl (C=O) groups is 1. The number of quaternary nitrogens is 1. The molecule has 7 heteroatoms. The van der Waals surface area contributed by atoms with E-state index in [1.807, 2.05) is 19.2 Å². The number of nitrogens with zero attached hydrogens (tertiary/aromatic N) is 1. The molecule has 0 saturated carbocycles. The number of hydrogen-bond donors (Lipinski definition) is 2. The number of benzene rings is 1. The van der Waals surface area contributed by atoms with Crippen LogP contribution in [-0.2, 0) is 4.79 Å². The molecule has 0 fully saturated rings. The van der Waals surface area contributed by atoms with Gasteiger partial charge in [0, 0.05) is 11.1 Å². The van der Waals surface area contributed by atoms with Crippen molar-refractivity contribution in [3.8, 4) is 5.75 Å². The number of aryl methyl sites for hydroxylation is 1. The first-order valence-corrected chi connectivity index (χ1v) is 7.33. The maximum absolute atomic E-state index is 11.8. The molecule has 1 atom stereocenters. The highest BCUT2D eigenvalue weighted by Crippen LogP contribution is 2.14. The maximum Gasteiger partial charge on any atom is 0.280 e. The third-order valence-corrected chi connectivity index (χ3v) is 3.22. The number of anilines is 1. The van der Waals surface area contributed by atoms with Crippen LogP contribution in [0.3, 0.4) is 0 Å². The van der Waals surface area contributed by atoms with E-state index in [0.29, 0.717) is 36.3 Å². The van der Waals surface area contributed by atoms with Crippen molar-refractivity contribution in [1.29, 1.82) is 0 Å². The Labute approximate surface area is 134 Å². The second-order valence-corrected chi connectivity index (χ2v) is 5.49. The average molecular weight is 325 g/mol. The van der Waals surface area contributed by atoms with Gasteiger partial charge in [-0.05, 0) is 31.2 Å². The van der Waals surface area contributed by atoms with Gasteiger partial charge in [0.15, 0.2) is 12.4 Å². The predicted octanol–water partition coefficient (Wildman–Crippen LogP) is 1.17. The molecule has 0 aliphatic heterocycles. The molecule has 0 spiro atoms. The summed E-state index contributed by atoms with van der Waals surface area (Å²) < 4.78 is 10.5. The van der Waals surface area contributed by atoms with Crippen LogP contribution in [0.25, 0.3) is 0 Å². The van der Waals surface area contributed by atoms with Gasteiger partial charge in [-0.2, -0.15) is 0 Å². The fourth-order valence-electron chi connectivity index (χ4n) is 1.85. The lowest BCUT2D eigenvalue weighted by molar-refractivity contribution is -0.871. The molecule has 2 N–H and O–H groups in total. The van der Waals surface area contributed by atoms with Crippen molar-refractivity contribution in [2.24, 2.45) is 0 Å². The number of likely N-dealkylation sites (N-methyl/N-ethyl adjacent to an activating group) is 1. The Morgan fingerprint density at radius 1 is 1.41 bits per heavy atom. The molecule has 0 radical (unpaired) electrons. The van der Waals surface area contributed by atoms with E-state index in [1.165, 1.54) is 0 Å². The minimum absolute atomic E-state index is 0.114. The molecular weight excluding hydrogens is 306 g/mol. The molecule has 2 aromatic rings. The van der Waals surface area contributed by atoms with Crippen LogP contribution in [0.4, 0.5) is 5.82 Å². The Hall–Kier alpha value is -2.05. The summed E-state index contributed by atoms with van der Waals surface area (Å²) >= 11 is 5.81. The van der Waals surface area contributed by atoms with E-state index in [0.717, 1.165) is 10.6 Å². The SMILES string of the molecule is Cc1cc(NC(=O)C[NH+](C)CCOc2ccc(Cl)cc2)no1. The molecule has 0 saturated heterocycles. The molecule has 22 heavy (non-hydrogen) atoms. The summed E-state index contributed by atoms with van der Waals surface area (Å²) in [6.45, 7) is 3.32. The first-order valence-electron chi connectivity index (χ1n) is 6.96. The van der Waals surface area contributed by atoms with Crippen molar-refractivity contribution in [1.82, 2.24) is 5.16 Å². The van der Waals surface area contributed by atoms with Crippen molar-refractivity contribution >= 4 is 23.3 Å². The summed E-state index contributed by atoms with van der Waals surface area (Å²) in [5.41, 5.74) is 0. The van der Waals surface area contributed by atoms with Crippen molar-refractivity contribution in [2.75, 3.05) is 32.1 Å². The Morgan fingerprint density at radius 2 is 2.14 bits per heavy atom. The number of amides is 1. The van der Waals surface area contributed by atoms with E-state index in [4.69, 9.17) is 20.9 Å². The Kier molecular flexibility index (Phi) is 5.80. The molecule has 1 heterocycles. The zero-order chi connectivity index (χ0) is 15.9. The molecular formula is C15H19ClN3O3+. The third kappa shape index (κ3) is 5.38. The molecule has 118 valence electrons. The van der Waals surface area contributed by atoms with Crippen LogP contribution in [0, 0.1) is 6.92 Å². The Balaban J connectivity index is 1.67. The number of carbonyl (C=O) groups excluding carboxylic acids is 1. The second-order valence-electron chi connectivity index (χ2n) is 5.06. The molecule has 0 aliphatic rings. The van der Waals surface area contributed by atoms with Crippen LogP contribution in [-0.4, -0.2) is 37.8 Å². The van der Waals surface area contributed by atoms with Gasteiger partial charge in [-0.25, -0.2) is 0 Å². The van der Waals surface area contributed by atoms with E-state index in [1.54, 1.807) is 25.1 Å². The van der Waals surface area contributed by atoms with Gasteiger partial charge in [0.25, 0.3) is 5.91 Å². The summed E-state index contributed by atoms with van der Waals surface area (Å²) in [5, 5.41) is 7.08. The second kappa shape index (κ2) is 7.82. The molecule has 6 nitrogen and oxygen atoms in total. The number of hydrogen-bond acceptors (Lipinski definition) is 4. The van der Waals surface area contributed by atoms with Gasteiger partial charge in [0.2, 0.25) is 0 Å². The van der Waals surface area contributed by atoms with Gasteiger partial charge in [-0.3, -0.25) is 4.79 Å². The fourth-order valence-corrected chi connectivity index (χ4v) is 1.97. The van der Waals surface area contributed by atoms with Crippen molar-refractivity contribution in [3.63, 3.8) is 0 Å². The van der Waals surface area contributed by atoms with Crippen LogP contribution in [0.15, 0.2) is 34.9 Å². The van der Waals surface area contributed by atoms with Gasteiger partial charge in [-0.1, -0.05) is 16.8 Å². The van der Waals surface area contributed by atoms with Crippen LogP contribution in [0.2, 0.25) is 5.02 Å². The van der Waals surface area contributed by atoms with Crippen molar-refractivity contribution in [3.05, 3.63) is 41.1 Å². The van der Waals surface area contributed by atoms with Crippen LogP contribution in [0.1, 0.15) is 5.76 Å². The van der Waals surface area contributed by atoms with E-state index < -0.39 is 0 Å². The molecule has 2 rings (SSSR count). The van der Waals surface area contributed by atoms with E-state index in [-0.39, 0.29) is 5.91 Å². The maximum atomic E-state index is 11.8. The summed E-state index contributed by atoms with van der Waals surface area (Å²) in [4.78, 5) is 12.9. The normalized spacial score (nSPS) is 12.0. The Bertz CT molecular complexity index is 613. The smallest absolute Gasteiger partial charge is 0.280 e. The number of nitrogens with one attached hydrogen (secondary N) is 2. The lowest BCUT2D eigenvalue weighted by Crippen LogP contribution is -3.10. The number of aromatic nitrogens is 1. The Morgan fingerprint density at radius 3 is 2.77 bits per heavy atom. The molecule has 1 aromatic heterocycles. The molecule has 0 aliphatic carbocycles. The molecule has 1 aromatic carbocycles. The third-order valence-electron chi connectivity index (χ3n) is 2.97. The predicted molar refractivity (Wildman–Crippen MR) is 83.4 cm³/mol. The summed E-state index contributed by atoms with van der Waals surface area (Å²) in [5.74, 6) is 1.75. The highest BCUT2D eigenvalue weighted by molar-refractivity contribution is 6.30. The topological polar surface area (TPSA) is 68.8 Å². The minimum Gasteiger partial charge on any atom is -0.488 e. The van der Waals surface area contributed by atoms with Gasteiger partial charge in [0.05, 0.1) is 7.05 Å². The summed E-state index contributed by atoms with van der Waals surface area (Å²) in [6, 6.07) is 8.87. The molecule has 0 bridgehead atoms. The zero-order valence-electron chi connectivity index (χ0n) is 12.6. The van der Waals surface area contributed by atoms with Crippen molar-refractivity contribution in [2.45, 2.75) is 6.92 Å². The van der Waals surface area contributed by atoms with E-state index in [2.05, 4.69) is 10.5 Å². The largest absolute Gasteiger partial charge is 0.488 e. The average Bonchev–Trinajstić information content (AvgIpc) is 2.86. The molecule has 1 amide bonds. The van der Waals surface area contributed by atoms with Gasteiger partial charge in [-0.15, -0.1) is 0 Å². The van der Waals surface area contributed by atoms with Gasteiger partial charge in [0.1, 0.15) is 24.7 Å². The monoisotopic (exact) mass is 324 g/mol. The van der Waals surface area contributed by atoms with Crippen molar-refractivity contribution < 1.29 is 19.0 Å². The van der Waals surface area contributed by atoms with E-state index >= 15 is 0 Å². The van der Waals surface area contributed by atoms with Gasteiger partial charge >= 0.3 is 0 Å². The minimum atomic E-state index is -0.114. The first kappa shape index (κ1) is 16.3. The van der Waals surface area contributed by atoms with Crippen LogP contribution < -0.4 is 15.0 Å². The molecule has 1 unspecified atom stereocenters. The lowest BCUT2D eigenvalue weighted by atomic mass is 10.3. The van der Waals surface area contributed by atoms with Gasteiger partial charge < -0.3 is 19.5 Å².